The van der Waals surface area contributed by atoms with E-state index in [0.29, 0.717) is 38.0 Å². The number of benzene rings is 1. The van der Waals surface area contributed by atoms with Gasteiger partial charge in [-0.1, -0.05) is 36.2 Å². The van der Waals surface area contributed by atoms with Gasteiger partial charge >= 0.3 is 5.97 Å². The van der Waals surface area contributed by atoms with Crippen molar-refractivity contribution in [3.63, 3.8) is 0 Å². The van der Waals surface area contributed by atoms with Gasteiger partial charge in [0.2, 0.25) is 0 Å². The van der Waals surface area contributed by atoms with Crippen molar-refractivity contribution in [2.45, 2.75) is 19.9 Å². The third-order valence-corrected chi connectivity index (χ3v) is 5.99. The number of halogens is 2. The van der Waals surface area contributed by atoms with Gasteiger partial charge in [-0.15, -0.1) is 11.3 Å². The molecule has 0 spiro atoms. The number of methoxy groups -OCH3 is 1. The third-order valence-electron chi connectivity index (χ3n) is 4.00. The maximum Gasteiger partial charge on any atom is 0.340 e. The molecule has 0 aliphatic heterocycles. The van der Waals surface area contributed by atoms with E-state index in [9.17, 15) is 4.79 Å². The van der Waals surface area contributed by atoms with Gasteiger partial charge in [0.1, 0.15) is 5.00 Å². The summed E-state index contributed by atoms with van der Waals surface area (Å²) in [5, 5.41) is 12.6. The van der Waals surface area contributed by atoms with Gasteiger partial charge in [-0.05, 0) is 42.4 Å². The maximum absolute atomic E-state index is 12.0. The van der Waals surface area contributed by atoms with Crippen LogP contribution in [0.2, 0.25) is 10.0 Å². The van der Waals surface area contributed by atoms with Gasteiger partial charge in [0.25, 0.3) is 0 Å². The van der Waals surface area contributed by atoms with Crippen LogP contribution < -0.4 is 10.6 Å². The predicted octanol–water partition coefficient (Wildman–Crippen LogP) is 5.46. The van der Waals surface area contributed by atoms with E-state index in [1.165, 1.54) is 18.4 Å². The van der Waals surface area contributed by atoms with E-state index in [1.54, 1.807) is 23.0 Å². The standard InChI is InChI=1S/C19H18Cl2N4O2S2/c1-3-14-7-15(18(26)27-2)17(29-14)24-19(28)23-13-8-22-25(10-13)9-11-4-5-12(20)6-16(11)21/h4-8,10H,3,9H2,1-2H3,(H2,23,24,28). The Bertz CT molecular complexity index is 1050. The van der Waals surface area contributed by atoms with Crippen molar-refractivity contribution in [1.29, 1.82) is 0 Å². The van der Waals surface area contributed by atoms with Crippen LogP contribution in [0.15, 0.2) is 36.7 Å². The molecule has 0 amide bonds. The molecular weight excluding hydrogens is 451 g/mol. The molecule has 152 valence electrons. The van der Waals surface area contributed by atoms with E-state index < -0.39 is 5.97 Å². The number of hydrogen-bond donors (Lipinski definition) is 2. The fourth-order valence-corrected chi connectivity index (χ4v) is 4.32. The highest BCUT2D eigenvalue weighted by Crippen LogP contribution is 2.29. The number of carbonyl (C=O) groups is 1. The van der Waals surface area contributed by atoms with Gasteiger partial charge in [0.15, 0.2) is 5.11 Å². The smallest absolute Gasteiger partial charge is 0.340 e. The molecule has 1 aromatic carbocycles. The van der Waals surface area contributed by atoms with E-state index in [2.05, 4.69) is 15.7 Å². The minimum atomic E-state index is -0.404. The molecular formula is C19H18Cl2N4O2S2. The van der Waals surface area contributed by atoms with Crippen LogP contribution in [-0.4, -0.2) is 28.0 Å². The summed E-state index contributed by atoms with van der Waals surface area (Å²) < 4.78 is 6.58. The third kappa shape index (κ3) is 5.48. The summed E-state index contributed by atoms with van der Waals surface area (Å²) in [6, 6.07) is 7.16. The Labute approximate surface area is 187 Å². The van der Waals surface area contributed by atoms with Gasteiger partial charge in [0.05, 0.1) is 31.1 Å². The first-order chi connectivity index (χ1) is 13.9. The molecule has 2 heterocycles. The number of hydrogen-bond acceptors (Lipinski definition) is 5. The molecule has 0 atom stereocenters. The molecule has 10 heteroatoms. The van der Waals surface area contributed by atoms with Gasteiger partial charge in [-0.2, -0.15) is 5.10 Å². The topological polar surface area (TPSA) is 68.2 Å². The Morgan fingerprint density at radius 3 is 2.79 bits per heavy atom. The second kappa shape index (κ2) is 9.58. The zero-order valence-corrected chi connectivity index (χ0v) is 18.8. The second-order valence-electron chi connectivity index (χ2n) is 6.04. The number of rotatable bonds is 6. The van der Waals surface area contributed by atoms with Crippen LogP contribution in [0.5, 0.6) is 0 Å². The average molecular weight is 469 g/mol. The van der Waals surface area contributed by atoms with Crippen LogP contribution in [0, 0.1) is 0 Å². The Morgan fingerprint density at radius 1 is 1.31 bits per heavy atom. The lowest BCUT2D eigenvalue weighted by atomic mass is 10.2. The van der Waals surface area contributed by atoms with Gasteiger partial charge < -0.3 is 15.4 Å². The van der Waals surface area contributed by atoms with Crippen molar-refractivity contribution >= 4 is 68.5 Å². The summed E-state index contributed by atoms with van der Waals surface area (Å²) >= 11 is 19.0. The molecule has 6 nitrogen and oxygen atoms in total. The molecule has 3 rings (SSSR count). The molecule has 0 fully saturated rings. The van der Waals surface area contributed by atoms with Crippen LogP contribution in [0.4, 0.5) is 10.7 Å². The molecule has 0 bridgehead atoms. The van der Waals surface area contributed by atoms with Crippen LogP contribution in [-0.2, 0) is 17.7 Å². The first-order valence-electron chi connectivity index (χ1n) is 8.65. The fraction of sp³-hybridized carbons (Fsp3) is 0.211. The molecule has 2 aromatic heterocycles. The van der Waals surface area contributed by atoms with E-state index in [4.69, 9.17) is 40.2 Å². The summed E-state index contributed by atoms with van der Waals surface area (Å²) in [6.07, 6.45) is 4.29. The SMILES string of the molecule is CCc1cc(C(=O)OC)c(NC(=S)Nc2cnn(Cc3ccc(Cl)cc3Cl)c2)s1. The highest BCUT2D eigenvalue weighted by atomic mass is 35.5. The lowest BCUT2D eigenvalue weighted by Gasteiger charge is -2.09. The summed E-state index contributed by atoms with van der Waals surface area (Å²) in [5.74, 6) is -0.404. The monoisotopic (exact) mass is 468 g/mol. The molecule has 0 unspecified atom stereocenters. The Morgan fingerprint density at radius 2 is 2.10 bits per heavy atom. The van der Waals surface area contributed by atoms with Crippen molar-refractivity contribution in [2.24, 2.45) is 0 Å². The zero-order valence-electron chi connectivity index (χ0n) is 15.7. The van der Waals surface area contributed by atoms with Crippen molar-refractivity contribution in [1.82, 2.24) is 9.78 Å². The van der Waals surface area contributed by atoms with Crippen LogP contribution in [0.25, 0.3) is 0 Å². The van der Waals surface area contributed by atoms with Crippen LogP contribution >= 0.6 is 46.8 Å². The lowest BCUT2D eigenvalue weighted by Crippen LogP contribution is -2.19. The first kappa shape index (κ1) is 21.6. The molecule has 0 aliphatic rings. The highest BCUT2D eigenvalue weighted by Gasteiger charge is 2.17. The fourth-order valence-electron chi connectivity index (χ4n) is 2.58. The Kier molecular flexibility index (Phi) is 7.13. The van der Waals surface area contributed by atoms with E-state index in [-0.39, 0.29) is 0 Å². The highest BCUT2D eigenvalue weighted by molar-refractivity contribution is 7.80. The number of esters is 1. The average Bonchev–Trinajstić information content (AvgIpc) is 3.30. The number of aromatic nitrogens is 2. The van der Waals surface area contributed by atoms with Crippen LogP contribution in [0.1, 0.15) is 27.7 Å². The molecule has 0 radical (unpaired) electrons. The maximum atomic E-state index is 12.0. The lowest BCUT2D eigenvalue weighted by molar-refractivity contribution is 0.0602. The summed E-state index contributed by atoms with van der Waals surface area (Å²) in [5.41, 5.74) is 2.07. The normalized spacial score (nSPS) is 10.6. The van der Waals surface area contributed by atoms with E-state index in [0.717, 1.165) is 16.9 Å². The Hall–Kier alpha value is -2.13. The minimum absolute atomic E-state index is 0.351. The molecule has 2 N–H and O–H groups in total. The molecule has 0 saturated heterocycles. The largest absolute Gasteiger partial charge is 0.465 e. The van der Waals surface area contributed by atoms with Crippen LogP contribution in [0.3, 0.4) is 0 Å². The number of thiocarbonyl (C=S) groups is 1. The number of ether oxygens (including phenoxy) is 1. The summed E-state index contributed by atoms with van der Waals surface area (Å²) in [7, 11) is 1.35. The van der Waals surface area contributed by atoms with Crippen molar-refractivity contribution in [2.75, 3.05) is 17.7 Å². The van der Waals surface area contributed by atoms with Crippen molar-refractivity contribution in [3.8, 4) is 0 Å². The predicted molar refractivity (Wildman–Crippen MR) is 123 cm³/mol. The zero-order chi connectivity index (χ0) is 21.0. The number of thiophene rings is 1. The second-order valence-corrected chi connectivity index (χ2v) is 8.43. The number of nitrogens with one attached hydrogen (secondary N) is 2. The molecule has 29 heavy (non-hydrogen) atoms. The van der Waals surface area contributed by atoms with Gasteiger partial charge in [0, 0.05) is 21.1 Å². The Balaban J connectivity index is 1.66. The number of nitrogens with zero attached hydrogens (tertiary/aromatic N) is 2. The first-order valence-corrected chi connectivity index (χ1v) is 10.6. The van der Waals surface area contributed by atoms with Gasteiger partial charge in [-0.3, -0.25) is 4.68 Å². The van der Waals surface area contributed by atoms with E-state index in [1.807, 2.05) is 25.3 Å². The number of aryl methyl sites for hydroxylation is 1. The van der Waals surface area contributed by atoms with Gasteiger partial charge in [-0.25, -0.2) is 4.79 Å². The quantitative estimate of drug-likeness (QED) is 0.369. The molecule has 3 aromatic rings. The van der Waals surface area contributed by atoms with E-state index >= 15 is 0 Å². The van der Waals surface area contributed by atoms with Crippen molar-refractivity contribution in [3.05, 3.63) is 62.7 Å². The number of carbonyl (C=O) groups excluding carboxylic acids is 1. The summed E-state index contributed by atoms with van der Waals surface area (Å²) in [4.78, 5) is 13.0. The van der Waals surface area contributed by atoms with Crippen molar-refractivity contribution < 1.29 is 9.53 Å². The molecule has 0 aliphatic carbocycles. The minimum Gasteiger partial charge on any atom is -0.465 e. The summed E-state index contributed by atoms with van der Waals surface area (Å²) in [6.45, 7) is 2.52. The molecule has 0 saturated carbocycles. The number of anilines is 2.